The first-order chi connectivity index (χ1) is 13.4. The summed E-state index contributed by atoms with van der Waals surface area (Å²) < 4.78 is 36.1. The van der Waals surface area contributed by atoms with Gasteiger partial charge in [0.2, 0.25) is 0 Å². The molecule has 0 aromatic heterocycles. The molecule has 2 amide bonds. The zero-order valence-electron chi connectivity index (χ0n) is 15.5. The van der Waals surface area contributed by atoms with E-state index in [1.165, 1.54) is 18.0 Å². The molecular formula is C18H24FN3O5S. The third kappa shape index (κ3) is 3.52. The van der Waals surface area contributed by atoms with Crippen molar-refractivity contribution in [3.05, 3.63) is 24.0 Å². The maximum absolute atomic E-state index is 14.6. The largest absolute Gasteiger partial charge is 0.449 e. The first kappa shape index (κ1) is 19.0. The number of benzene rings is 1. The van der Waals surface area contributed by atoms with Crippen molar-refractivity contribution in [1.29, 1.82) is 0 Å². The number of rotatable bonds is 5. The van der Waals surface area contributed by atoms with Gasteiger partial charge in [-0.15, -0.1) is 0 Å². The molecule has 154 valence electrons. The highest BCUT2D eigenvalue weighted by Crippen LogP contribution is 2.43. The van der Waals surface area contributed by atoms with Crippen molar-refractivity contribution in [2.45, 2.75) is 12.5 Å². The van der Waals surface area contributed by atoms with Gasteiger partial charge in [0.05, 0.1) is 24.5 Å². The van der Waals surface area contributed by atoms with Crippen molar-refractivity contribution < 1.29 is 29.1 Å². The molecule has 1 N–H and O–H groups in total. The summed E-state index contributed by atoms with van der Waals surface area (Å²) >= 11 is 0. The molecule has 1 spiro atoms. The molecule has 3 aliphatic heterocycles. The highest BCUT2D eigenvalue weighted by molar-refractivity contribution is 7.86. The molecule has 0 aliphatic carbocycles. The van der Waals surface area contributed by atoms with Crippen molar-refractivity contribution in [3.8, 4) is 0 Å². The van der Waals surface area contributed by atoms with Gasteiger partial charge in [-0.2, -0.15) is 0 Å². The molecule has 1 atom stereocenters. The van der Waals surface area contributed by atoms with Crippen LogP contribution in [-0.4, -0.2) is 67.3 Å². The highest BCUT2D eigenvalue weighted by atomic mass is 32.2. The zero-order valence-corrected chi connectivity index (χ0v) is 16.3. The molecule has 0 bridgehead atoms. The molecule has 3 heterocycles. The Hall–Kier alpha value is -2.36. The fourth-order valence-electron chi connectivity index (χ4n) is 3.92. The summed E-state index contributed by atoms with van der Waals surface area (Å²) in [6.45, 7) is 1.83. The van der Waals surface area contributed by atoms with E-state index in [1.807, 2.05) is 4.90 Å². The lowest BCUT2D eigenvalue weighted by atomic mass is 9.82. The molecule has 28 heavy (non-hydrogen) atoms. The Morgan fingerprint density at radius 2 is 2.21 bits per heavy atom. The summed E-state index contributed by atoms with van der Waals surface area (Å²) in [4.78, 5) is 26.5. The first-order valence-corrected chi connectivity index (χ1v) is 10.6. The highest BCUT2D eigenvalue weighted by Gasteiger charge is 2.52. The second-order valence-electron chi connectivity index (χ2n) is 7.51. The molecule has 0 unspecified atom stereocenters. The van der Waals surface area contributed by atoms with Gasteiger partial charge in [0.15, 0.2) is 0 Å². The Kier molecular flexibility index (Phi) is 4.90. The fourth-order valence-corrected chi connectivity index (χ4v) is 5.56. The molecule has 10 heteroatoms. The fraction of sp³-hybridized carbons (Fsp3) is 0.556. The van der Waals surface area contributed by atoms with Crippen LogP contribution in [0.2, 0.25) is 0 Å². The lowest BCUT2D eigenvalue weighted by Gasteiger charge is -2.55. The number of hydrogen-bond acceptors (Lipinski definition) is 6. The van der Waals surface area contributed by atoms with Gasteiger partial charge in [-0.25, -0.2) is 14.0 Å². The van der Waals surface area contributed by atoms with Crippen LogP contribution in [0.25, 0.3) is 0 Å². The van der Waals surface area contributed by atoms with E-state index in [9.17, 15) is 18.2 Å². The topological polar surface area (TPSA) is 88.2 Å². The van der Waals surface area contributed by atoms with Crippen molar-refractivity contribution in [3.63, 3.8) is 0 Å². The lowest BCUT2D eigenvalue weighted by Crippen LogP contribution is -2.67. The number of halogens is 1. The number of carbonyl (C=O) groups excluding carboxylic acids is 2. The number of alkyl carbamates (subject to hydrolysis) is 1. The van der Waals surface area contributed by atoms with Gasteiger partial charge in [-0.3, -0.25) is 9.11 Å². The Bertz CT molecular complexity index is 826. The smallest absolute Gasteiger partial charge is 0.414 e. The van der Waals surface area contributed by atoms with E-state index < -0.39 is 34.9 Å². The minimum absolute atomic E-state index is 0. The van der Waals surface area contributed by atoms with Gasteiger partial charge in [-0.1, -0.05) is 0 Å². The SMILES string of the molecule is CNC(=O)OCC[C@H]1CN(c2ccc(N3CC4(C3)CS(=O)C4)c(F)c2)C(=O)O1.[HH]. The summed E-state index contributed by atoms with van der Waals surface area (Å²) in [6.07, 6.45) is -1.14. The van der Waals surface area contributed by atoms with Crippen molar-refractivity contribution in [2.24, 2.45) is 5.41 Å². The Morgan fingerprint density at radius 1 is 1.46 bits per heavy atom. The summed E-state index contributed by atoms with van der Waals surface area (Å²) in [5.41, 5.74) is 1.02. The maximum atomic E-state index is 14.6. The number of carbonyl (C=O) groups is 2. The van der Waals surface area contributed by atoms with Gasteiger partial charge >= 0.3 is 12.2 Å². The molecule has 3 fully saturated rings. The molecule has 8 nitrogen and oxygen atoms in total. The zero-order chi connectivity index (χ0) is 19.9. The second-order valence-corrected chi connectivity index (χ2v) is 8.97. The lowest BCUT2D eigenvalue weighted by molar-refractivity contribution is 0.105. The number of cyclic esters (lactones) is 1. The third-order valence-corrected chi connectivity index (χ3v) is 7.19. The van der Waals surface area contributed by atoms with Crippen LogP contribution in [-0.2, 0) is 20.3 Å². The minimum Gasteiger partial charge on any atom is -0.449 e. The van der Waals surface area contributed by atoms with Crippen molar-refractivity contribution >= 4 is 34.4 Å². The second kappa shape index (κ2) is 7.23. The van der Waals surface area contributed by atoms with E-state index in [0.29, 0.717) is 42.4 Å². The van der Waals surface area contributed by atoms with E-state index >= 15 is 0 Å². The van der Waals surface area contributed by atoms with Gasteiger partial charge in [0, 0.05) is 55.7 Å². The normalized spacial score (nSPS) is 23.2. The van der Waals surface area contributed by atoms with E-state index in [2.05, 4.69) is 5.32 Å². The third-order valence-electron chi connectivity index (χ3n) is 5.32. The molecule has 1 aromatic rings. The summed E-state index contributed by atoms with van der Waals surface area (Å²) in [5, 5.41) is 2.34. The monoisotopic (exact) mass is 413 g/mol. The molecule has 0 saturated carbocycles. The van der Waals surface area contributed by atoms with Crippen LogP contribution in [0.4, 0.5) is 25.4 Å². The Balaban J connectivity index is 0.00000240. The van der Waals surface area contributed by atoms with Crippen LogP contribution in [0.5, 0.6) is 0 Å². The van der Waals surface area contributed by atoms with E-state index in [1.54, 1.807) is 12.1 Å². The van der Waals surface area contributed by atoms with Crippen LogP contribution in [0.1, 0.15) is 7.85 Å². The van der Waals surface area contributed by atoms with E-state index in [4.69, 9.17) is 9.47 Å². The predicted molar refractivity (Wildman–Crippen MR) is 104 cm³/mol. The number of anilines is 2. The number of nitrogens with zero attached hydrogens (tertiary/aromatic N) is 2. The Morgan fingerprint density at radius 3 is 2.86 bits per heavy atom. The predicted octanol–water partition coefficient (Wildman–Crippen LogP) is 1.71. The number of amides is 2. The molecule has 4 rings (SSSR count). The van der Waals surface area contributed by atoms with Crippen LogP contribution in [0, 0.1) is 11.2 Å². The van der Waals surface area contributed by atoms with Gasteiger partial charge in [-0.05, 0) is 18.2 Å². The van der Waals surface area contributed by atoms with E-state index in [0.717, 1.165) is 0 Å². The summed E-state index contributed by atoms with van der Waals surface area (Å²) in [7, 11) is 0.748. The first-order valence-electron chi connectivity index (χ1n) is 9.11. The van der Waals surface area contributed by atoms with Crippen molar-refractivity contribution in [2.75, 3.05) is 54.6 Å². The van der Waals surface area contributed by atoms with Crippen LogP contribution in [0.3, 0.4) is 0 Å². The molecule has 3 saturated heterocycles. The Labute approximate surface area is 165 Å². The molecule has 0 radical (unpaired) electrons. The number of hydrogen-bond donors (Lipinski definition) is 1. The quantitative estimate of drug-likeness (QED) is 0.791. The maximum Gasteiger partial charge on any atom is 0.414 e. The standard InChI is InChI=1S/C18H22FN3O5S.H2/c1-20-16(23)26-5-4-13-7-22(17(24)27-13)12-2-3-15(14(19)6-12)21-8-18(9-21)10-28(25)11-18;/h2-3,6,13H,4-5,7-11H2,1H3,(H,20,23);1H/t13-;/m0./s1. The van der Waals surface area contributed by atoms with Gasteiger partial charge < -0.3 is 19.7 Å². The molecule has 1 aromatic carbocycles. The summed E-state index contributed by atoms with van der Waals surface area (Å²) in [5.74, 6) is 1.01. The van der Waals surface area contributed by atoms with E-state index in [-0.39, 0.29) is 20.0 Å². The average molecular weight is 413 g/mol. The number of ether oxygens (including phenoxy) is 2. The number of nitrogens with one attached hydrogen (secondary N) is 1. The van der Waals surface area contributed by atoms with Gasteiger partial charge in [0.1, 0.15) is 11.9 Å². The van der Waals surface area contributed by atoms with Crippen LogP contribution < -0.4 is 15.1 Å². The molecule has 3 aliphatic rings. The van der Waals surface area contributed by atoms with Gasteiger partial charge in [0.25, 0.3) is 0 Å². The van der Waals surface area contributed by atoms with Crippen LogP contribution >= 0.6 is 0 Å². The summed E-state index contributed by atoms with van der Waals surface area (Å²) in [6, 6.07) is 4.71. The van der Waals surface area contributed by atoms with Crippen LogP contribution in [0.15, 0.2) is 18.2 Å². The molecular weight excluding hydrogens is 389 g/mol. The average Bonchev–Trinajstić information content (AvgIpc) is 2.97. The minimum atomic E-state index is -0.715. The van der Waals surface area contributed by atoms with Crippen molar-refractivity contribution in [1.82, 2.24) is 5.32 Å².